The number of rotatable bonds is 9. The number of nitrogens with zero attached hydrogens (tertiary/aromatic N) is 1. The van der Waals surface area contributed by atoms with Gasteiger partial charge in [0.2, 0.25) is 35.4 Å². The number of anilines is 1. The van der Waals surface area contributed by atoms with Gasteiger partial charge in [-0.1, -0.05) is 103 Å². The van der Waals surface area contributed by atoms with E-state index < -0.39 is 71.5 Å². The van der Waals surface area contributed by atoms with E-state index in [0.29, 0.717) is 16.8 Å². The molecule has 4 atom stereocenters. The first-order valence-electron chi connectivity index (χ1n) is 21.8. The van der Waals surface area contributed by atoms with Crippen LogP contribution < -0.4 is 26.6 Å². The number of likely N-dealkylation sites (tertiary alicyclic amines) is 1. The Bertz CT molecular complexity index is 2440. The second-order valence-corrected chi connectivity index (χ2v) is 17.5. The highest BCUT2D eigenvalue weighted by atomic mass is 32.1. The largest absolute Gasteiger partial charge is 0.481 e. The second kappa shape index (κ2) is 22.0. The Labute approximate surface area is 381 Å². The topological polar surface area (TPSA) is 203 Å². The third-order valence-electron chi connectivity index (χ3n) is 11.7. The SMILES string of the molecule is O=C1CCC(=O)N[C@H](Cc2cccs2)C(=O)N[C@@H](Cc2ccc(-c3ccccc3)cc2)C(=O)N[C@H](Cc2ccccc2)C(=O)N[C@@H](C(=O)N2CCC(C(=O)O)CC2)Cc2ccc(cc2)N1. The molecule has 1 fully saturated rings. The number of fused-ring (bicyclic) bond motifs is 18. The summed E-state index contributed by atoms with van der Waals surface area (Å²) in [6.07, 6.45) is 0.383. The van der Waals surface area contributed by atoms with E-state index in [1.54, 1.807) is 29.2 Å². The molecule has 3 aliphatic rings. The average molecular weight is 897 g/mol. The van der Waals surface area contributed by atoms with Crippen molar-refractivity contribution in [1.29, 1.82) is 0 Å². The first-order valence-corrected chi connectivity index (χ1v) is 22.7. The number of aliphatic carboxylic acids is 1. The molecular formula is C50H52N6O8S. The number of carbonyl (C=O) groups is 7. The molecule has 65 heavy (non-hydrogen) atoms. The number of amides is 6. The molecule has 6 amide bonds. The Morgan fingerprint density at radius 1 is 0.585 bits per heavy atom. The van der Waals surface area contributed by atoms with E-state index >= 15 is 0 Å². The van der Waals surface area contributed by atoms with Crippen molar-refractivity contribution in [3.05, 3.63) is 148 Å². The number of hydrogen-bond donors (Lipinski definition) is 6. The van der Waals surface area contributed by atoms with Gasteiger partial charge in [-0.3, -0.25) is 33.6 Å². The molecule has 6 N–H and O–H groups in total. The highest BCUT2D eigenvalue weighted by Crippen LogP contribution is 2.22. The number of carbonyl (C=O) groups excluding carboxylic acids is 6. The maximum atomic E-state index is 14.7. The second-order valence-electron chi connectivity index (χ2n) is 16.4. The fraction of sp³-hybridized carbons (Fsp3) is 0.300. The maximum absolute atomic E-state index is 14.7. The molecule has 4 aromatic carbocycles. The monoisotopic (exact) mass is 896 g/mol. The van der Waals surface area contributed by atoms with Crippen LogP contribution in [0.4, 0.5) is 5.69 Å². The van der Waals surface area contributed by atoms with Gasteiger partial charge in [0.25, 0.3) is 0 Å². The molecule has 1 aromatic heterocycles. The van der Waals surface area contributed by atoms with Gasteiger partial charge in [0.05, 0.1) is 5.92 Å². The lowest BCUT2D eigenvalue weighted by atomic mass is 9.95. The molecule has 0 unspecified atom stereocenters. The van der Waals surface area contributed by atoms with Crippen molar-refractivity contribution in [2.45, 2.75) is 75.5 Å². The predicted molar refractivity (Wildman–Crippen MR) is 246 cm³/mol. The number of benzene rings is 4. The number of thiophene rings is 1. The van der Waals surface area contributed by atoms with Gasteiger partial charge in [-0.2, -0.15) is 0 Å². The molecule has 5 aromatic rings. The van der Waals surface area contributed by atoms with Gasteiger partial charge in [0.15, 0.2) is 0 Å². The van der Waals surface area contributed by atoms with E-state index in [4.69, 9.17) is 0 Å². The Hall–Kier alpha value is -7.13. The summed E-state index contributed by atoms with van der Waals surface area (Å²) in [4.78, 5) is 98.5. The van der Waals surface area contributed by atoms with Crippen molar-refractivity contribution in [3.8, 4) is 11.1 Å². The number of carboxylic acid groups (broad SMARTS) is 1. The van der Waals surface area contributed by atoms with E-state index in [0.717, 1.165) is 21.6 Å². The lowest BCUT2D eigenvalue weighted by Crippen LogP contribution is -2.60. The molecule has 15 heteroatoms. The Morgan fingerprint density at radius 2 is 1.14 bits per heavy atom. The van der Waals surface area contributed by atoms with Crippen molar-refractivity contribution in [1.82, 2.24) is 26.2 Å². The minimum atomic E-state index is -1.23. The molecule has 2 bridgehead atoms. The summed E-state index contributed by atoms with van der Waals surface area (Å²) < 4.78 is 0. The fourth-order valence-corrected chi connectivity index (χ4v) is 8.82. The van der Waals surface area contributed by atoms with Gasteiger partial charge in [0, 0.05) is 62.2 Å². The van der Waals surface area contributed by atoms with E-state index in [9.17, 15) is 38.7 Å². The van der Waals surface area contributed by atoms with Crippen molar-refractivity contribution < 1.29 is 38.7 Å². The summed E-state index contributed by atoms with van der Waals surface area (Å²) >= 11 is 1.41. The third kappa shape index (κ3) is 13.0. The predicted octanol–water partition coefficient (Wildman–Crippen LogP) is 4.68. The highest BCUT2D eigenvalue weighted by Gasteiger charge is 2.35. The van der Waals surface area contributed by atoms with Crippen LogP contribution in [0.1, 0.15) is 47.3 Å². The molecule has 0 saturated carbocycles. The summed E-state index contributed by atoms with van der Waals surface area (Å²) in [5, 5.41) is 25.8. The van der Waals surface area contributed by atoms with Crippen LogP contribution in [0.2, 0.25) is 0 Å². The molecule has 8 rings (SSSR count). The van der Waals surface area contributed by atoms with Gasteiger partial charge >= 0.3 is 5.97 Å². The van der Waals surface area contributed by atoms with Crippen molar-refractivity contribution >= 4 is 58.4 Å². The van der Waals surface area contributed by atoms with E-state index in [-0.39, 0.29) is 64.5 Å². The summed E-state index contributed by atoms with van der Waals surface area (Å²) in [6.45, 7) is 0.381. The van der Waals surface area contributed by atoms with Crippen LogP contribution in [0.3, 0.4) is 0 Å². The highest BCUT2D eigenvalue weighted by molar-refractivity contribution is 7.09. The van der Waals surface area contributed by atoms with Crippen LogP contribution in [-0.4, -0.2) is 88.7 Å². The standard InChI is InChI=1S/C50H52N6O8S/c57-44-21-22-45(58)52-42(31-39-12-7-27-65-39)48(61)54-41(29-33-13-17-36(18-14-33)35-10-5-2-6-11-35)46(59)53-40(28-32-8-3-1-4-9-32)47(60)55-43(30-34-15-19-38(51-44)20-16-34)49(62)56-25-23-37(24-26-56)50(63)64/h1-20,27,37,40-43H,21-26,28-31H2,(H,51,57)(H,52,58)(H,53,59)(H,54,61)(H,55,60)(H,63,64)/t40-,41+,42-,43-/m1/s1. The smallest absolute Gasteiger partial charge is 0.306 e. The molecular weight excluding hydrogens is 845 g/mol. The number of hydrogen-bond acceptors (Lipinski definition) is 8. The van der Waals surface area contributed by atoms with Gasteiger partial charge < -0.3 is 36.6 Å². The van der Waals surface area contributed by atoms with E-state index in [1.807, 2.05) is 102 Å². The number of carboxylic acids is 1. The molecule has 1 saturated heterocycles. The lowest BCUT2D eigenvalue weighted by Gasteiger charge is -2.33. The zero-order valence-corrected chi connectivity index (χ0v) is 36.6. The minimum absolute atomic E-state index is 0.0232. The maximum Gasteiger partial charge on any atom is 0.306 e. The molecule has 0 aliphatic carbocycles. The van der Waals surface area contributed by atoms with Crippen LogP contribution in [0.15, 0.2) is 127 Å². The van der Waals surface area contributed by atoms with Crippen LogP contribution in [0.25, 0.3) is 11.1 Å². The normalized spacial score (nSPS) is 20.6. The average Bonchev–Trinajstić information content (AvgIpc) is 3.84. The van der Waals surface area contributed by atoms with Crippen molar-refractivity contribution in [2.75, 3.05) is 18.4 Å². The quantitative estimate of drug-likeness (QED) is 0.115. The van der Waals surface area contributed by atoms with E-state index in [1.165, 1.54) is 11.3 Å². The van der Waals surface area contributed by atoms with Gasteiger partial charge in [0.1, 0.15) is 24.2 Å². The van der Waals surface area contributed by atoms with Gasteiger partial charge in [-0.15, -0.1) is 11.3 Å². The Kier molecular flexibility index (Phi) is 15.5. The van der Waals surface area contributed by atoms with Crippen LogP contribution in [0, 0.1) is 5.92 Å². The first-order chi connectivity index (χ1) is 31.5. The van der Waals surface area contributed by atoms with Gasteiger partial charge in [-0.05, 0) is 64.2 Å². The molecule has 0 spiro atoms. The van der Waals surface area contributed by atoms with Crippen molar-refractivity contribution in [2.24, 2.45) is 5.92 Å². The molecule has 0 radical (unpaired) electrons. The van der Waals surface area contributed by atoms with Gasteiger partial charge in [-0.25, -0.2) is 0 Å². The summed E-state index contributed by atoms with van der Waals surface area (Å²) in [5.41, 5.74) is 4.51. The molecule has 336 valence electrons. The summed E-state index contributed by atoms with van der Waals surface area (Å²) in [7, 11) is 0. The molecule has 4 heterocycles. The lowest BCUT2D eigenvalue weighted by molar-refractivity contribution is -0.146. The molecule has 14 nitrogen and oxygen atoms in total. The minimum Gasteiger partial charge on any atom is -0.481 e. The van der Waals surface area contributed by atoms with Crippen molar-refractivity contribution in [3.63, 3.8) is 0 Å². The Morgan fingerprint density at radius 3 is 1.74 bits per heavy atom. The van der Waals surface area contributed by atoms with E-state index in [2.05, 4.69) is 26.6 Å². The third-order valence-corrected chi connectivity index (χ3v) is 12.6. The first kappa shape index (κ1) is 45.9. The summed E-state index contributed by atoms with van der Waals surface area (Å²) in [5.74, 6) is -4.81. The Balaban J connectivity index is 1.23. The summed E-state index contributed by atoms with van der Waals surface area (Å²) in [6, 6.07) is 32.2. The van der Waals surface area contributed by atoms with Crippen LogP contribution in [-0.2, 0) is 59.2 Å². The van der Waals surface area contributed by atoms with Crippen LogP contribution in [0.5, 0.6) is 0 Å². The zero-order valence-electron chi connectivity index (χ0n) is 35.7. The number of piperidine rings is 1. The fourth-order valence-electron chi connectivity index (χ4n) is 8.07. The zero-order chi connectivity index (χ0) is 45.7. The van der Waals surface area contributed by atoms with Crippen LogP contribution >= 0.6 is 11.3 Å². The molecule has 3 aliphatic heterocycles. The number of nitrogens with one attached hydrogen (secondary N) is 5.